The highest BCUT2D eigenvalue weighted by atomic mass is 79.9. The molecule has 0 aliphatic carbocycles. The molecule has 2 unspecified atom stereocenters. The van der Waals surface area contributed by atoms with E-state index in [4.69, 9.17) is 14.2 Å². The summed E-state index contributed by atoms with van der Waals surface area (Å²) in [5, 5.41) is 13.7. The van der Waals surface area contributed by atoms with Crippen LogP contribution in [0.2, 0.25) is 0 Å². The molecular weight excluding hydrogens is 718 g/mol. The van der Waals surface area contributed by atoms with Crippen molar-refractivity contribution in [2.24, 2.45) is 17.8 Å². The second-order valence-corrected chi connectivity index (χ2v) is 15.7. The number of methoxy groups -OCH3 is 1. The Bertz CT molecular complexity index is 1390. The number of carbonyl (C=O) groups excluding carboxylic acids is 4. The number of esters is 1. The summed E-state index contributed by atoms with van der Waals surface area (Å²) in [6, 6.07) is 6.47. The SMILES string of the molecule is C=CCCC(=O)N[C@@H](COC)[C@@H](OC(=O)[C@@H]1[C@H]2O[C@@]3(CC2Br)[C@H](C(=O)N(CC=C)C(C)CCC)N([C@@H](CO)CC(C)C)C(=O)[C@@H]13)c1ccccc1. The monoisotopic (exact) mass is 773 g/mol. The van der Waals surface area contributed by atoms with Crippen LogP contribution in [0.4, 0.5) is 0 Å². The van der Waals surface area contributed by atoms with Gasteiger partial charge in [-0.05, 0) is 44.1 Å². The van der Waals surface area contributed by atoms with Crippen LogP contribution in [-0.2, 0) is 33.4 Å². The first-order valence-electron chi connectivity index (χ1n) is 18.2. The molecule has 10 atom stereocenters. The second-order valence-electron chi connectivity index (χ2n) is 14.5. The van der Waals surface area contributed by atoms with Crippen LogP contribution in [0.25, 0.3) is 0 Å². The van der Waals surface area contributed by atoms with Gasteiger partial charge in [0.15, 0.2) is 0 Å². The predicted molar refractivity (Wildman–Crippen MR) is 198 cm³/mol. The number of hydrogen-bond acceptors (Lipinski definition) is 8. The number of ether oxygens (including phenoxy) is 3. The van der Waals surface area contributed by atoms with Crippen molar-refractivity contribution in [1.82, 2.24) is 15.1 Å². The summed E-state index contributed by atoms with van der Waals surface area (Å²) < 4.78 is 18.6. The van der Waals surface area contributed by atoms with E-state index in [1.807, 2.05) is 51.1 Å². The Morgan fingerprint density at radius 2 is 1.90 bits per heavy atom. The zero-order valence-corrected chi connectivity index (χ0v) is 32.3. The molecule has 0 aromatic heterocycles. The largest absolute Gasteiger partial charge is 0.455 e. The molecule has 4 rings (SSSR count). The topological polar surface area (TPSA) is 135 Å². The number of aliphatic hydroxyl groups excluding tert-OH is 1. The number of halogens is 1. The van der Waals surface area contributed by atoms with E-state index in [2.05, 4.69) is 41.3 Å². The minimum absolute atomic E-state index is 0.0530. The molecule has 1 aromatic rings. The maximum atomic E-state index is 14.9. The standard InChI is InChI=1S/C39H56BrN3O8/c1-8-11-18-30(45)41-29(23-49-7)33(26-16-13-12-14-17-26)50-38(48)31-32-36(46)43(27(22-44)20-24(4)5)35(39(32)21-28(40)34(31)51-39)37(47)42(19-10-3)25(6)15-9-2/h8,10,12-14,16-17,24-25,27-29,31-35,44H,1,3,9,11,15,18-23H2,2,4-7H3,(H,41,45)/t25?,27-,28?,29+,31+,32-,33+,34+,35+,39-/m1/s1. The lowest BCUT2D eigenvalue weighted by atomic mass is 9.70. The summed E-state index contributed by atoms with van der Waals surface area (Å²) in [6.45, 7) is 15.6. The van der Waals surface area contributed by atoms with Crippen molar-refractivity contribution in [2.75, 3.05) is 26.9 Å². The van der Waals surface area contributed by atoms with Gasteiger partial charge < -0.3 is 34.4 Å². The van der Waals surface area contributed by atoms with Crippen molar-refractivity contribution in [3.05, 3.63) is 61.2 Å². The van der Waals surface area contributed by atoms with Crippen LogP contribution in [0, 0.1) is 17.8 Å². The fourth-order valence-electron chi connectivity index (χ4n) is 8.31. The minimum Gasteiger partial charge on any atom is -0.455 e. The van der Waals surface area contributed by atoms with E-state index in [1.165, 1.54) is 12.0 Å². The van der Waals surface area contributed by atoms with Gasteiger partial charge in [-0.15, -0.1) is 13.2 Å². The Labute approximate surface area is 311 Å². The number of nitrogens with zero attached hydrogens (tertiary/aromatic N) is 2. The first kappa shape index (κ1) is 40.7. The molecule has 2 bridgehead atoms. The molecule has 3 aliphatic rings. The van der Waals surface area contributed by atoms with Crippen LogP contribution in [0.3, 0.4) is 0 Å². The Kier molecular flexibility index (Phi) is 14.5. The van der Waals surface area contributed by atoms with Crippen LogP contribution in [0.5, 0.6) is 0 Å². The van der Waals surface area contributed by atoms with Crippen LogP contribution >= 0.6 is 15.9 Å². The molecule has 3 saturated heterocycles. The van der Waals surface area contributed by atoms with Crippen molar-refractivity contribution < 1.29 is 38.5 Å². The molecule has 1 aromatic carbocycles. The van der Waals surface area contributed by atoms with Crippen molar-refractivity contribution in [3.63, 3.8) is 0 Å². The molecule has 3 heterocycles. The summed E-state index contributed by atoms with van der Waals surface area (Å²) in [7, 11) is 1.50. The molecule has 3 amide bonds. The third kappa shape index (κ3) is 8.45. The quantitative estimate of drug-likeness (QED) is 0.111. The van der Waals surface area contributed by atoms with E-state index in [-0.39, 0.29) is 54.8 Å². The average molecular weight is 775 g/mol. The molecule has 51 heavy (non-hydrogen) atoms. The number of hydrogen-bond donors (Lipinski definition) is 2. The zero-order chi connectivity index (χ0) is 37.5. The highest BCUT2D eigenvalue weighted by molar-refractivity contribution is 9.09. The van der Waals surface area contributed by atoms with Crippen molar-refractivity contribution in [1.29, 1.82) is 0 Å². The van der Waals surface area contributed by atoms with Gasteiger partial charge in [-0.2, -0.15) is 0 Å². The molecule has 11 nitrogen and oxygen atoms in total. The summed E-state index contributed by atoms with van der Waals surface area (Å²) >= 11 is 3.75. The summed E-state index contributed by atoms with van der Waals surface area (Å²) in [6.07, 6.45) is 4.69. The van der Waals surface area contributed by atoms with E-state index in [0.29, 0.717) is 24.8 Å². The Morgan fingerprint density at radius 1 is 1.20 bits per heavy atom. The average Bonchev–Trinajstić information content (AvgIpc) is 3.70. The van der Waals surface area contributed by atoms with E-state index >= 15 is 0 Å². The van der Waals surface area contributed by atoms with Gasteiger partial charge in [-0.25, -0.2) is 0 Å². The maximum Gasteiger partial charge on any atom is 0.313 e. The fraction of sp³-hybridized carbons (Fsp3) is 0.641. The number of allylic oxidation sites excluding steroid dienone is 1. The number of nitrogens with one attached hydrogen (secondary N) is 1. The number of fused-ring (bicyclic) bond motifs is 1. The lowest BCUT2D eigenvalue weighted by molar-refractivity contribution is -0.163. The number of carbonyl (C=O) groups is 4. The van der Waals surface area contributed by atoms with E-state index in [0.717, 1.165) is 12.8 Å². The molecule has 1 spiro atoms. The van der Waals surface area contributed by atoms with Crippen LogP contribution < -0.4 is 5.32 Å². The lowest BCUT2D eigenvalue weighted by Crippen LogP contribution is -2.60. The lowest BCUT2D eigenvalue weighted by Gasteiger charge is -2.41. The van der Waals surface area contributed by atoms with Crippen molar-refractivity contribution >= 4 is 39.6 Å². The molecule has 282 valence electrons. The Hall–Kier alpha value is -3.06. The van der Waals surface area contributed by atoms with Gasteiger partial charge in [0.2, 0.25) is 17.7 Å². The molecular formula is C39H56BrN3O8. The first-order chi connectivity index (χ1) is 24.4. The number of likely N-dealkylation sites (tertiary alicyclic amines) is 1. The Balaban J connectivity index is 1.78. The zero-order valence-electron chi connectivity index (χ0n) is 30.7. The van der Waals surface area contributed by atoms with Gasteiger partial charge in [0.05, 0.1) is 43.2 Å². The molecule has 12 heteroatoms. The highest BCUT2D eigenvalue weighted by Gasteiger charge is 2.77. The number of benzene rings is 1. The van der Waals surface area contributed by atoms with Gasteiger partial charge >= 0.3 is 5.97 Å². The van der Waals surface area contributed by atoms with Crippen molar-refractivity contribution in [2.45, 2.75) is 113 Å². The fourth-order valence-corrected chi connectivity index (χ4v) is 9.25. The normalized spacial score (nSPS) is 27.4. The first-order valence-corrected chi connectivity index (χ1v) is 19.1. The third-order valence-electron chi connectivity index (χ3n) is 10.4. The molecule has 2 N–H and O–H groups in total. The summed E-state index contributed by atoms with van der Waals surface area (Å²) in [5.74, 6) is -3.57. The highest BCUT2D eigenvalue weighted by Crippen LogP contribution is 2.61. The smallest absolute Gasteiger partial charge is 0.313 e. The number of amides is 3. The van der Waals surface area contributed by atoms with Crippen LogP contribution in [0.15, 0.2) is 55.6 Å². The number of rotatable bonds is 20. The van der Waals surface area contributed by atoms with E-state index in [1.54, 1.807) is 17.1 Å². The third-order valence-corrected chi connectivity index (χ3v) is 11.3. The number of aliphatic hydroxyl groups is 1. The van der Waals surface area contributed by atoms with Gasteiger partial charge in [-0.1, -0.05) is 85.6 Å². The summed E-state index contributed by atoms with van der Waals surface area (Å²) in [4.78, 5) is 60.1. The Morgan fingerprint density at radius 3 is 2.49 bits per heavy atom. The summed E-state index contributed by atoms with van der Waals surface area (Å²) in [5.41, 5.74) is -0.694. The van der Waals surface area contributed by atoms with Crippen LogP contribution in [0.1, 0.15) is 77.9 Å². The maximum absolute atomic E-state index is 14.9. The van der Waals surface area contributed by atoms with E-state index < -0.39 is 59.6 Å². The minimum atomic E-state index is -1.33. The van der Waals surface area contributed by atoms with Crippen molar-refractivity contribution in [3.8, 4) is 0 Å². The molecule has 0 radical (unpaired) electrons. The van der Waals surface area contributed by atoms with Gasteiger partial charge in [0.1, 0.15) is 17.7 Å². The predicted octanol–water partition coefficient (Wildman–Crippen LogP) is 4.73. The second kappa shape index (κ2) is 18.1. The number of alkyl halides is 1. The van der Waals surface area contributed by atoms with Gasteiger partial charge in [0, 0.05) is 30.9 Å². The van der Waals surface area contributed by atoms with E-state index in [9.17, 15) is 24.3 Å². The molecule has 0 saturated carbocycles. The van der Waals surface area contributed by atoms with Crippen LogP contribution in [-0.4, -0.2) is 106 Å². The van der Waals surface area contributed by atoms with Gasteiger partial charge in [0.25, 0.3) is 0 Å². The molecule has 3 aliphatic heterocycles. The molecule has 3 fully saturated rings. The van der Waals surface area contributed by atoms with Gasteiger partial charge in [-0.3, -0.25) is 19.2 Å².